The second kappa shape index (κ2) is 8.19. The zero-order chi connectivity index (χ0) is 21.4. The second-order valence-corrected chi connectivity index (χ2v) is 8.87. The number of non-ortho nitro benzene ring substituents is 2. The predicted molar refractivity (Wildman–Crippen MR) is 122 cm³/mol. The van der Waals surface area contributed by atoms with Crippen LogP contribution >= 0.6 is 31.9 Å². The van der Waals surface area contributed by atoms with Gasteiger partial charge in [-0.1, -0.05) is 0 Å². The molecule has 0 aliphatic heterocycles. The summed E-state index contributed by atoms with van der Waals surface area (Å²) in [5, 5.41) is 23.0. The van der Waals surface area contributed by atoms with E-state index in [-0.39, 0.29) is 16.3 Å². The zero-order valence-corrected chi connectivity index (χ0v) is 18.7. The van der Waals surface area contributed by atoms with E-state index in [2.05, 4.69) is 41.4 Å². The lowest BCUT2D eigenvalue weighted by Gasteiger charge is -2.05. The number of aromatic nitrogens is 2. The number of aromatic amines is 1. The Hall–Kier alpha value is -2.72. The predicted octanol–water partition coefficient (Wildman–Crippen LogP) is 6.56. The minimum Gasteiger partial charge on any atom is -0.360 e. The maximum atomic E-state index is 10.8. The summed E-state index contributed by atoms with van der Waals surface area (Å²) in [5.74, 6) is 0.785. The third-order valence-electron chi connectivity index (χ3n) is 4.97. The van der Waals surface area contributed by atoms with Crippen molar-refractivity contribution in [1.82, 2.24) is 9.55 Å². The summed E-state index contributed by atoms with van der Waals surface area (Å²) in [4.78, 5) is 23.5. The molecule has 10 heteroatoms. The zero-order valence-electron chi connectivity index (χ0n) is 15.5. The van der Waals surface area contributed by atoms with Gasteiger partial charge in [-0.05, 0) is 62.8 Å². The standard InChI is InChI=1S/C12H11BrN2O2.C8H5BrN2O2/c13-11-6-10(15(16)17)5-9-3-4-14(12(9)11)7-8-1-2-8;9-7-4-6(11(12)13)3-5-1-2-10-8(5)7/h3-6,8H,1-2,7H2;1-4,10H. The maximum Gasteiger partial charge on any atom is 0.271 e. The average molecular weight is 536 g/mol. The number of halogens is 2. The first kappa shape index (κ1) is 20.5. The molecule has 1 fully saturated rings. The number of hydrogen-bond acceptors (Lipinski definition) is 4. The largest absolute Gasteiger partial charge is 0.360 e. The first-order chi connectivity index (χ1) is 14.3. The lowest BCUT2D eigenvalue weighted by molar-refractivity contribution is -0.384. The molecule has 0 amide bonds. The Bertz CT molecular complexity index is 1280. The highest BCUT2D eigenvalue weighted by Gasteiger charge is 2.23. The summed E-state index contributed by atoms with van der Waals surface area (Å²) in [7, 11) is 0. The molecule has 0 atom stereocenters. The summed E-state index contributed by atoms with van der Waals surface area (Å²) in [6.45, 7) is 1.01. The van der Waals surface area contributed by atoms with Crippen molar-refractivity contribution in [1.29, 1.82) is 0 Å². The van der Waals surface area contributed by atoms with Crippen molar-refractivity contribution in [3.05, 3.63) is 78.0 Å². The van der Waals surface area contributed by atoms with E-state index in [1.807, 2.05) is 12.3 Å². The molecule has 1 N–H and O–H groups in total. The number of hydrogen-bond donors (Lipinski definition) is 1. The number of H-pyrrole nitrogens is 1. The summed E-state index contributed by atoms with van der Waals surface area (Å²) >= 11 is 6.69. The first-order valence-corrected chi connectivity index (χ1v) is 10.8. The smallest absolute Gasteiger partial charge is 0.271 e. The topological polar surface area (TPSA) is 107 Å². The second-order valence-electron chi connectivity index (χ2n) is 7.16. The molecule has 0 saturated heterocycles. The SMILES string of the molecule is O=[N+]([O-])c1cc(Br)c2[nH]ccc2c1.O=[N+]([O-])c1cc(Br)c2c(ccn2CC2CC2)c1. The van der Waals surface area contributed by atoms with E-state index in [0.29, 0.717) is 4.47 Å². The van der Waals surface area contributed by atoms with Crippen molar-refractivity contribution in [3.8, 4) is 0 Å². The Morgan fingerprint density at radius 1 is 0.967 bits per heavy atom. The normalized spacial score (nSPS) is 13.3. The number of nitro benzene ring substituents is 2. The van der Waals surface area contributed by atoms with Crippen LogP contribution in [-0.2, 0) is 6.54 Å². The summed E-state index contributed by atoms with van der Waals surface area (Å²) in [6.07, 6.45) is 6.35. The molecule has 0 spiro atoms. The van der Waals surface area contributed by atoms with Crippen LogP contribution in [0.25, 0.3) is 21.8 Å². The Balaban J connectivity index is 0.000000151. The van der Waals surface area contributed by atoms with Gasteiger partial charge in [-0.3, -0.25) is 20.2 Å². The summed E-state index contributed by atoms with van der Waals surface area (Å²) < 4.78 is 3.69. The monoisotopic (exact) mass is 534 g/mol. The van der Waals surface area contributed by atoms with Crippen molar-refractivity contribution in [2.24, 2.45) is 5.92 Å². The Morgan fingerprint density at radius 2 is 1.60 bits per heavy atom. The van der Waals surface area contributed by atoms with Crippen LogP contribution in [0.3, 0.4) is 0 Å². The minimum absolute atomic E-state index is 0.0963. The number of fused-ring (bicyclic) bond motifs is 2. The fraction of sp³-hybridized carbons (Fsp3) is 0.200. The van der Waals surface area contributed by atoms with Gasteiger partial charge in [0.1, 0.15) is 0 Å². The van der Waals surface area contributed by atoms with Crippen molar-refractivity contribution >= 4 is 65.0 Å². The first-order valence-electron chi connectivity index (χ1n) is 9.17. The van der Waals surface area contributed by atoms with Gasteiger partial charge in [0, 0.05) is 62.9 Å². The van der Waals surface area contributed by atoms with E-state index in [1.54, 1.807) is 24.4 Å². The third kappa shape index (κ3) is 4.24. The Labute approximate surface area is 187 Å². The van der Waals surface area contributed by atoms with E-state index in [9.17, 15) is 20.2 Å². The molecule has 154 valence electrons. The van der Waals surface area contributed by atoms with E-state index < -0.39 is 4.92 Å². The lowest BCUT2D eigenvalue weighted by Crippen LogP contribution is -1.98. The molecule has 0 unspecified atom stereocenters. The van der Waals surface area contributed by atoms with Crippen molar-refractivity contribution < 1.29 is 9.85 Å². The number of benzene rings is 2. The van der Waals surface area contributed by atoms with Gasteiger partial charge in [-0.15, -0.1) is 0 Å². The lowest BCUT2D eigenvalue weighted by atomic mass is 10.2. The molecule has 8 nitrogen and oxygen atoms in total. The van der Waals surface area contributed by atoms with Gasteiger partial charge in [0.15, 0.2) is 0 Å². The van der Waals surface area contributed by atoms with Gasteiger partial charge < -0.3 is 9.55 Å². The quantitative estimate of drug-likeness (QED) is 0.236. The summed E-state index contributed by atoms with van der Waals surface area (Å²) in [6, 6.07) is 9.97. The molecule has 30 heavy (non-hydrogen) atoms. The molecule has 2 heterocycles. The van der Waals surface area contributed by atoms with Crippen LogP contribution in [0.2, 0.25) is 0 Å². The Kier molecular flexibility index (Phi) is 5.61. The molecule has 1 saturated carbocycles. The molecule has 0 radical (unpaired) electrons. The number of nitrogens with zero attached hydrogens (tertiary/aromatic N) is 3. The van der Waals surface area contributed by atoms with Gasteiger partial charge >= 0.3 is 0 Å². The fourth-order valence-electron chi connectivity index (χ4n) is 3.33. The molecular formula is C20H16Br2N4O4. The minimum atomic E-state index is -0.406. The van der Waals surface area contributed by atoms with Gasteiger partial charge in [0.05, 0.1) is 20.9 Å². The van der Waals surface area contributed by atoms with E-state index in [1.165, 1.54) is 25.0 Å². The molecule has 1 aliphatic rings. The van der Waals surface area contributed by atoms with Crippen LogP contribution < -0.4 is 0 Å². The third-order valence-corrected chi connectivity index (χ3v) is 6.20. The number of nitro groups is 2. The van der Waals surface area contributed by atoms with Crippen molar-refractivity contribution in [2.45, 2.75) is 19.4 Å². The maximum absolute atomic E-state index is 10.8. The van der Waals surface area contributed by atoms with E-state index in [0.717, 1.165) is 38.7 Å². The number of rotatable bonds is 4. The van der Waals surface area contributed by atoms with Gasteiger partial charge in [0.25, 0.3) is 11.4 Å². The van der Waals surface area contributed by atoms with Crippen LogP contribution in [0.4, 0.5) is 11.4 Å². The van der Waals surface area contributed by atoms with Crippen molar-refractivity contribution in [2.75, 3.05) is 0 Å². The van der Waals surface area contributed by atoms with E-state index >= 15 is 0 Å². The average Bonchev–Trinajstić information content (AvgIpc) is 3.21. The highest BCUT2D eigenvalue weighted by atomic mass is 79.9. The van der Waals surface area contributed by atoms with Crippen molar-refractivity contribution in [3.63, 3.8) is 0 Å². The van der Waals surface area contributed by atoms with Gasteiger partial charge in [-0.2, -0.15) is 0 Å². The number of nitrogens with one attached hydrogen (secondary N) is 1. The van der Waals surface area contributed by atoms with E-state index in [4.69, 9.17) is 0 Å². The summed E-state index contributed by atoms with van der Waals surface area (Å²) in [5.41, 5.74) is 2.17. The molecule has 2 aromatic carbocycles. The molecule has 1 aliphatic carbocycles. The molecule has 5 rings (SSSR count). The molecule has 2 aromatic heterocycles. The van der Waals surface area contributed by atoms with Crippen LogP contribution in [0, 0.1) is 26.1 Å². The van der Waals surface area contributed by atoms with Gasteiger partial charge in [-0.25, -0.2) is 0 Å². The van der Waals surface area contributed by atoms with Crippen LogP contribution in [0.5, 0.6) is 0 Å². The van der Waals surface area contributed by atoms with Crippen LogP contribution in [0.15, 0.2) is 57.7 Å². The van der Waals surface area contributed by atoms with Crippen LogP contribution in [-0.4, -0.2) is 19.4 Å². The molecular weight excluding hydrogens is 520 g/mol. The Morgan fingerprint density at radius 3 is 2.23 bits per heavy atom. The van der Waals surface area contributed by atoms with Gasteiger partial charge in [0.2, 0.25) is 0 Å². The fourth-order valence-corrected chi connectivity index (χ4v) is 4.60. The highest BCUT2D eigenvalue weighted by Crippen LogP contribution is 2.35. The molecule has 4 aromatic rings. The highest BCUT2D eigenvalue weighted by molar-refractivity contribution is 9.11. The molecule has 0 bridgehead atoms. The van der Waals surface area contributed by atoms with Crippen LogP contribution in [0.1, 0.15) is 12.8 Å².